The van der Waals surface area contributed by atoms with Gasteiger partial charge in [0.1, 0.15) is 6.54 Å². The summed E-state index contributed by atoms with van der Waals surface area (Å²) in [4.78, 5) is 30.0. The predicted molar refractivity (Wildman–Crippen MR) is 120 cm³/mol. The summed E-state index contributed by atoms with van der Waals surface area (Å²) in [7, 11) is 0. The quantitative estimate of drug-likeness (QED) is 0.759. The van der Waals surface area contributed by atoms with E-state index in [1.54, 1.807) is 0 Å². The van der Waals surface area contributed by atoms with Crippen LogP contribution in [0.1, 0.15) is 50.4 Å². The first-order valence-electron chi connectivity index (χ1n) is 11.5. The number of amides is 2. The first-order chi connectivity index (χ1) is 14.7. The summed E-state index contributed by atoms with van der Waals surface area (Å²) in [5, 5.41) is 1.01. The van der Waals surface area contributed by atoms with E-state index in [9.17, 15) is 9.59 Å². The molecule has 1 aromatic carbocycles. The van der Waals surface area contributed by atoms with Crippen LogP contribution in [0.2, 0.25) is 0 Å². The number of likely N-dealkylation sites (tertiary alicyclic amines) is 1. The molecule has 2 unspecified atom stereocenters. The molecule has 31 heavy (non-hydrogen) atoms. The van der Waals surface area contributed by atoms with Gasteiger partial charge in [-0.15, -0.1) is 0 Å². The zero-order chi connectivity index (χ0) is 21.8. The number of rotatable bonds is 3. The Bertz CT molecular complexity index is 1020. The van der Waals surface area contributed by atoms with Crippen molar-refractivity contribution >= 4 is 22.7 Å². The van der Waals surface area contributed by atoms with E-state index in [-0.39, 0.29) is 17.2 Å². The second-order valence-electron chi connectivity index (χ2n) is 10.9. The van der Waals surface area contributed by atoms with E-state index >= 15 is 0 Å². The van der Waals surface area contributed by atoms with E-state index in [0.29, 0.717) is 44.3 Å². The van der Waals surface area contributed by atoms with E-state index in [2.05, 4.69) is 25.7 Å². The molecule has 0 spiro atoms. The van der Waals surface area contributed by atoms with Gasteiger partial charge < -0.3 is 19.1 Å². The molecule has 3 aliphatic rings. The zero-order valence-corrected chi connectivity index (χ0v) is 18.9. The Morgan fingerprint density at radius 2 is 1.87 bits per heavy atom. The monoisotopic (exact) mass is 423 g/mol. The number of ether oxygens (including phenoxy) is 1. The summed E-state index contributed by atoms with van der Waals surface area (Å²) in [6.45, 7) is 10.7. The van der Waals surface area contributed by atoms with Gasteiger partial charge in [0.25, 0.3) is 5.91 Å². The summed E-state index contributed by atoms with van der Waals surface area (Å²) in [5.41, 5.74) is 2.26. The number of morpholine rings is 1. The lowest BCUT2D eigenvalue weighted by atomic mass is 9.65. The van der Waals surface area contributed by atoms with Crippen LogP contribution < -0.4 is 0 Å². The second-order valence-corrected chi connectivity index (χ2v) is 10.9. The standard InChI is InChI=1S/C25H33N3O3/c1-24(2)13-20-14-25(3,16-24)17-28(20)23(30)19-4-5-21-18(12-19)6-7-27(21)15-22(29)26-8-10-31-11-9-26/h4-7,12,20H,8-11,13-17H2,1-3H3. The zero-order valence-electron chi connectivity index (χ0n) is 18.9. The fourth-order valence-electron chi connectivity index (χ4n) is 6.39. The van der Waals surface area contributed by atoms with Crippen LogP contribution in [0.25, 0.3) is 10.9 Å². The van der Waals surface area contributed by atoms with Crippen molar-refractivity contribution in [1.82, 2.24) is 14.4 Å². The number of fused-ring (bicyclic) bond motifs is 3. The summed E-state index contributed by atoms with van der Waals surface area (Å²) in [6, 6.07) is 8.25. The summed E-state index contributed by atoms with van der Waals surface area (Å²) < 4.78 is 7.32. The summed E-state index contributed by atoms with van der Waals surface area (Å²) >= 11 is 0. The largest absolute Gasteiger partial charge is 0.378 e. The van der Waals surface area contributed by atoms with Gasteiger partial charge in [0.15, 0.2) is 0 Å². The van der Waals surface area contributed by atoms with Gasteiger partial charge in [-0.25, -0.2) is 0 Å². The number of carbonyl (C=O) groups is 2. The average Bonchev–Trinajstić information content (AvgIpc) is 3.24. The smallest absolute Gasteiger partial charge is 0.254 e. The van der Waals surface area contributed by atoms with Crippen LogP contribution in [0.4, 0.5) is 0 Å². The number of benzene rings is 1. The highest BCUT2D eigenvalue weighted by Crippen LogP contribution is 2.52. The van der Waals surface area contributed by atoms with Crippen LogP contribution >= 0.6 is 0 Å². The normalized spacial score (nSPS) is 27.6. The van der Waals surface area contributed by atoms with Gasteiger partial charge in [-0.2, -0.15) is 0 Å². The molecule has 166 valence electrons. The van der Waals surface area contributed by atoms with Gasteiger partial charge in [0, 0.05) is 48.3 Å². The minimum absolute atomic E-state index is 0.112. The van der Waals surface area contributed by atoms with Crippen LogP contribution in [0.15, 0.2) is 30.5 Å². The second kappa shape index (κ2) is 7.37. The van der Waals surface area contributed by atoms with Gasteiger partial charge in [-0.3, -0.25) is 9.59 Å². The van der Waals surface area contributed by atoms with Crippen molar-refractivity contribution < 1.29 is 14.3 Å². The molecule has 2 aromatic rings. The maximum atomic E-state index is 13.4. The number of hydrogen-bond donors (Lipinski definition) is 0. The first-order valence-corrected chi connectivity index (χ1v) is 11.5. The molecule has 2 atom stereocenters. The minimum atomic E-state index is 0.112. The molecule has 3 heterocycles. The van der Waals surface area contributed by atoms with Crippen molar-refractivity contribution in [2.45, 2.75) is 52.6 Å². The molecular formula is C25H33N3O3. The molecule has 2 bridgehead atoms. The van der Waals surface area contributed by atoms with Crippen molar-refractivity contribution in [3.8, 4) is 0 Å². The van der Waals surface area contributed by atoms with Crippen LogP contribution in [-0.4, -0.2) is 65.1 Å². The molecular weight excluding hydrogens is 390 g/mol. The molecule has 2 saturated heterocycles. The predicted octanol–water partition coefficient (Wildman–Crippen LogP) is 3.54. The van der Waals surface area contributed by atoms with Crippen molar-refractivity contribution in [2.24, 2.45) is 10.8 Å². The van der Waals surface area contributed by atoms with Crippen LogP contribution in [0.5, 0.6) is 0 Å². The third-order valence-corrected chi connectivity index (χ3v) is 7.36. The molecule has 6 heteroatoms. The third-order valence-electron chi connectivity index (χ3n) is 7.36. The van der Waals surface area contributed by atoms with Crippen molar-refractivity contribution in [2.75, 3.05) is 32.8 Å². The molecule has 1 saturated carbocycles. The highest BCUT2D eigenvalue weighted by molar-refractivity contribution is 5.98. The summed E-state index contributed by atoms with van der Waals surface area (Å²) in [5.74, 6) is 0.256. The van der Waals surface area contributed by atoms with Gasteiger partial charge in [-0.05, 0) is 54.4 Å². The molecule has 0 radical (unpaired) electrons. The van der Waals surface area contributed by atoms with Gasteiger partial charge in [0.2, 0.25) is 5.91 Å². The van der Waals surface area contributed by atoms with Crippen molar-refractivity contribution in [1.29, 1.82) is 0 Å². The molecule has 1 aliphatic carbocycles. The van der Waals surface area contributed by atoms with E-state index in [1.165, 1.54) is 6.42 Å². The lowest BCUT2D eigenvalue weighted by Gasteiger charge is -2.39. The summed E-state index contributed by atoms with van der Waals surface area (Å²) in [6.07, 6.45) is 5.32. The Morgan fingerprint density at radius 1 is 1.10 bits per heavy atom. The van der Waals surface area contributed by atoms with Crippen molar-refractivity contribution in [3.05, 3.63) is 36.0 Å². The van der Waals surface area contributed by atoms with Crippen LogP contribution in [0.3, 0.4) is 0 Å². The van der Waals surface area contributed by atoms with Gasteiger partial charge in [-0.1, -0.05) is 20.8 Å². The van der Waals surface area contributed by atoms with Crippen LogP contribution in [0, 0.1) is 10.8 Å². The van der Waals surface area contributed by atoms with E-state index in [0.717, 1.165) is 35.9 Å². The number of hydrogen-bond acceptors (Lipinski definition) is 3. The average molecular weight is 424 g/mol. The fourth-order valence-corrected chi connectivity index (χ4v) is 6.39. The highest BCUT2D eigenvalue weighted by Gasteiger charge is 2.51. The van der Waals surface area contributed by atoms with E-state index in [1.807, 2.05) is 39.9 Å². The first kappa shape index (κ1) is 20.6. The molecule has 5 rings (SSSR count). The van der Waals surface area contributed by atoms with E-state index < -0.39 is 0 Å². The lowest BCUT2D eigenvalue weighted by molar-refractivity contribution is -0.135. The SMILES string of the molecule is CC1(C)CC2CC(C)(CN2C(=O)c2ccc3c(ccn3CC(=O)N3CCOCC3)c2)C1. The topological polar surface area (TPSA) is 54.8 Å². The Balaban J connectivity index is 1.34. The Kier molecular flexibility index (Phi) is 4.88. The maximum Gasteiger partial charge on any atom is 0.254 e. The Morgan fingerprint density at radius 3 is 2.65 bits per heavy atom. The molecule has 2 amide bonds. The van der Waals surface area contributed by atoms with Crippen LogP contribution in [-0.2, 0) is 16.1 Å². The Hall–Kier alpha value is -2.34. The van der Waals surface area contributed by atoms with E-state index in [4.69, 9.17) is 4.74 Å². The molecule has 0 N–H and O–H groups in total. The number of carbonyl (C=O) groups excluding carboxylic acids is 2. The molecule has 6 nitrogen and oxygen atoms in total. The lowest BCUT2D eigenvalue weighted by Crippen LogP contribution is -2.42. The van der Waals surface area contributed by atoms with Gasteiger partial charge in [0.05, 0.1) is 13.2 Å². The molecule has 2 aliphatic heterocycles. The maximum absolute atomic E-state index is 13.4. The third kappa shape index (κ3) is 3.86. The minimum Gasteiger partial charge on any atom is -0.378 e. The molecule has 3 fully saturated rings. The Labute approximate surface area is 184 Å². The van der Waals surface area contributed by atoms with Crippen molar-refractivity contribution in [3.63, 3.8) is 0 Å². The number of nitrogens with zero attached hydrogens (tertiary/aromatic N) is 3. The molecule has 1 aromatic heterocycles. The van der Waals surface area contributed by atoms with Gasteiger partial charge >= 0.3 is 0 Å². The number of aromatic nitrogens is 1. The highest BCUT2D eigenvalue weighted by atomic mass is 16.5. The fraction of sp³-hybridized carbons (Fsp3) is 0.600.